The average Bonchev–Trinajstić information content (AvgIpc) is 2.57. The highest BCUT2D eigenvalue weighted by Gasteiger charge is 2.08. The maximum atomic E-state index is 8.89. The molecule has 0 amide bonds. The van der Waals surface area contributed by atoms with Gasteiger partial charge in [-0.15, -0.1) is 11.3 Å². The van der Waals surface area contributed by atoms with Crippen LogP contribution in [-0.2, 0) is 6.42 Å². The first kappa shape index (κ1) is 12.1. The van der Waals surface area contributed by atoms with Crippen LogP contribution in [0.25, 0.3) is 5.57 Å². The van der Waals surface area contributed by atoms with Crippen LogP contribution < -0.4 is 0 Å². The molecule has 0 aliphatic carbocycles. The lowest BCUT2D eigenvalue weighted by atomic mass is 10.2. The minimum Gasteiger partial charge on any atom is -0.396 e. The first-order valence-electron chi connectivity index (χ1n) is 5.09. The van der Waals surface area contributed by atoms with Gasteiger partial charge in [0.25, 0.3) is 0 Å². The lowest BCUT2D eigenvalue weighted by Crippen LogP contribution is -1.93. The van der Waals surface area contributed by atoms with Crippen molar-refractivity contribution in [2.75, 3.05) is 6.61 Å². The molecule has 82 valence electrons. The molecule has 0 radical (unpaired) electrons. The number of rotatable bonds is 4. The van der Waals surface area contributed by atoms with E-state index in [1.165, 1.54) is 4.88 Å². The second kappa shape index (κ2) is 5.83. The van der Waals surface area contributed by atoms with Gasteiger partial charge in [-0.25, -0.2) is 4.98 Å². The van der Waals surface area contributed by atoms with Gasteiger partial charge in [-0.1, -0.05) is 18.2 Å². The molecule has 1 aromatic heterocycles. The highest BCUT2D eigenvalue weighted by atomic mass is 32.1. The molecule has 0 aromatic carbocycles. The fourth-order valence-corrected chi connectivity index (χ4v) is 2.38. The zero-order valence-electron chi connectivity index (χ0n) is 9.45. The highest BCUT2D eigenvalue weighted by Crippen LogP contribution is 2.25. The van der Waals surface area contributed by atoms with Crippen LogP contribution >= 0.6 is 11.3 Å². The Hall–Kier alpha value is -0.930. The predicted octanol–water partition coefficient (Wildman–Crippen LogP) is 2.97. The summed E-state index contributed by atoms with van der Waals surface area (Å²) in [7, 11) is 0. The Labute approximate surface area is 95.0 Å². The van der Waals surface area contributed by atoms with Gasteiger partial charge >= 0.3 is 0 Å². The van der Waals surface area contributed by atoms with Gasteiger partial charge in [-0.2, -0.15) is 0 Å². The van der Waals surface area contributed by atoms with E-state index in [9.17, 15) is 0 Å². The summed E-state index contributed by atoms with van der Waals surface area (Å²) in [6.07, 6.45) is 6.77. The maximum absolute atomic E-state index is 8.89. The van der Waals surface area contributed by atoms with Crippen molar-refractivity contribution in [1.29, 1.82) is 0 Å². The Balaban J connectivity index is 3.00. The van der Waals surface area contributed by atoms with Crippen molar-refractivity contribution in [3.05, 3.63) is 33.8 Å². The Kier molecular flexibility index (Phi) is 4.72. The molecule has 1 heterocycles. The normalized spacial score (nSPS) is 12.7. The molecular weight excluding hydrogens is 206 g/mol. The molecule has 2 nitrogen and oxygen atoms in total. The minimum atomic E-state index is 0.165. The minimum absolute atomic E-state index is 0.165. The summed E-state index contributed by atoms with van der Waals surface area (Å²) in [5, 5.41) is 9.93. The van der Waals surface area contributed by atoms with Crippen molar-refractivity contribution in [3.8, 4) is 0 Å². The molecule has 0 spiro atoms. The van der Waals surface area contributed by atoms with Gasteiger partial charge in [-0.05, 0) is 20.8 Å². The van der Waals surface area contributed by atoms with Gasteiger partial charge in [0.05, 0.1) is 5.69 Å². The molecule has 0 saturated heterocycles. The summed E-state index contributed by atoms with van der Waals surface area (Å²) in [5.41, 5.74) is 2.16. The number of aliphatic hydroxyl groups excluding tert-OH is 1. The quantitative estimate of drug-likeness (QED) is 0.796. The van der Waals surface area contributed by atoms with Gasteiger partial charge < -0.3 is 5.11 Å². The van der Waals surface area contributed by atoms with Gasteiger partial charge in [-0.3, -0.25) is 0 Å². The van der Waals surface area contributed by atoms with E-state index in [4.69, 9.17) is 5.11 Å². The van der Waals surface area contributed by atoms with E-state index in [1.54, 1.807) is 11.3 Å². The Morgan fingerprint density at radius 2 is 2.20 bits per heavy atom. The third kappa shape index (κ3) is 3.01. The number of thiazole rings is 1. The fourth-order valence-electron chi connectivity index (χ4n) is 1.36. The second-order valence-electron chi connectivity index (χ2n) is 3.24. The summed E-state index contributed by atoms with van der Waals surface area (Å²) in [6, 6.07) is 0. The highest BCUT2D eigenvalue weighted by molar-refractivity contribution is 7.12. The van der Waals surface area contributed by atoms with Gasteiger partial charge in [0, 0.05) is 23.5 Å². The van der Waals surface area contributed by atoms with Crippen molar-refractivity contribution in [2.45, 2.75) is 27.2 Å². The molecule has 15 heavy (non-hydrogen) atoms. The third-order valence-corrected chi connectivity index (χ3v) is 3.21. The molecule has 0 bridgehead atoms. The van der Waals surface area contributed by atoms with E-state index >= 15 is 0 Å². The number of aromatic nitrogens is 1. The first-order valence-corrected chi connectivity index (χ1v) is 5.91. The standard InChI is InChI=1S/C12H17NOS/c1-4-6-10(5-2)12-13-11(7-8-14)9(3)15-12/h4-6,14H,7-8H2,1-3H3/b6-4-,10-5+. The number of aliphatic hydroxyl groups is 1. The molecule has 0 atom stereocenters. The molecule has 1 N–H and O–H groups in total. The number of hydrogen-bond donors (Lipinski definition) is 1. The van der Waals surface area contributed by atoms with Crippen LogP contribution in [0.2, 0.25) is 0 Å². The molecule has 0 unspecified atom stereocenters. The van der Waals surface area contributed by atoms with E-state index in [2.05, 4.69) is 24.1 Å². The lowest BCUT2D eigenvalue weighted by molar-refractivity contribution is 0.298. The zero-order valence-corrected chi connectivity index (χ0v) is 10.3. The first-order chi connectivity index (χ1) is 7.22. The summed E-state index contributed by atoms with van der Waals surface area (Å²) in [4.78, 5) is 5.73. The fraction of sp³-hybridized carbons (Fsp3) is 0.417. The van der Waals surface area contributed by atoms with Gasteiger partial charge in [0.1, 0.15) is 5.01 Å². The van der Waals surface area contributed by atoms with E-state index < -0.39 is 0 Å². The van der Waals surface area contributed by atoms with Crippen molar-refractivity contribution >= 4 is 16.9 Å². The van der Waals surface area contributed by atoms with Crippen LogP contribution in [0, 0.1) is 6.92 Å². The lowest BCUT2D eigenvalue weighted by Gasteiger charge is -1.94. The monoisotopic (exact) mass is 223 g/mol. The van der Waals surface area contributed by atoms with Crippen LogP contribution in [0.4, 0.5) is 0 Å². The summed E-state index contributed by atoms with van der Waals surface area (Å²) >= 11 is 1.69. The molecule has 1 rings (SSSR count). The topological polar surface area (TPSA) is 33.1 Å². The number of nitrogens with zero attached hydrogens (tertiary/aromatic N) is 1. The van der Waals surface area contributed by atoms with Gasteiger partial charge in [0.15, 0.2) is 0 Å². The largest absolute Gasteiger partial charge is 0.396 e. The van der Waals surface area contributed by atoms with Gasteiger partial charge in [0.2, 0.25) is 0 Å². The summed E-state index contributed by atoms with van der Waals surface area (Å²) in [5.74, 6) is 0. The third-order valence-electron chi connectivity index (χ3n) is 2.15. The average molecular weight is 223 g/mol. The molecule has 3 heteroatoms. The van der Waals surface area contributed by atoms with Crippen molar-refractivity contribution in [1.82, 2.24) is 4.98 Å². The molecule has 0 aliphatic heterocycles. The second-order valence-corrected chi connectivity index (χ2v) is 4.44. The number of allylic oxidation sites excluding steroid dienone is 4. The maximum Gasteiger partial charge on any atom is 0.123 e. The molecule has 0 fully saturated rings. The Morgan fingerprint density at radius 3 is 2.73 bits per heavy atom. The summed E-state index contributed by atoms with van der Waals surface area (Å²) in [6.45, 7) is 6.23. The van der Waals surface area contributed by atoms with Crippen molar-refractivity contribution < 1.29 is 5.11 Å². The van der Waals surface area contributed by atoms with Crippen molar-refractivity contribution in [3.63, 3.8) is 0 Å². The smallest absolute Gasteiger partial charge is 0.123 e. The van der Waals surface area contributed by atoms with Crippen LogP contribution in [-0.4, -0.2) is 16.7 Å². The Morgan fingerprint density at radius 1 is 1.47 bits per heavy atom. The predicted molar refractivity (Wildman–Crippen MR) is 66.1 cm³/mol. The van der Waals surface area contributed by atoms with E-state index in [-0.39, 0.29) is 6.61 Å². The van der Waals surface area contributed by atoms with Crippen LogP contribution in [0.3, 0.4) is 0 Å². The number of hydrogen-bond acceptors (Lipinski definition) is 3. The number of aryl methyl sites for hydroxylation is 1. The molecule has 0 saturated carbocycles. The SMILES string of the molecule is C/C=C\C(=C/C)c1nc(CCO)c(C)s1. The molecule has 0 aliphatic rings. The van der Waals surface area contributed by atoms with E-state index in [0.717, 1.165) is 16.3 Å². The van der Waals surface area contributed by atoms with E-state index in [1.807, 2.05) is 19.9 Å². The summed E-state index contributed by atoms with van der Waals surface area (Å²) < 4.78 is 0. The van der Waals surface area contributed by atoms with E-state index in [0.29, 0.717) is 6.42 Å². The molecular formula is C12H17NOS. The zero-order chi connectivity index (χ0) is 11.3. The van der Waals surface area contributed by atoms with Crippen molar-refractivity contribution in [2.24, 2.45) is 0 Å². The van der Waals surface area contributed by atoms with Crippen LogP contribution in [0.1, 0.15) is 29.4 Å². The van der Waals surface area contributed by atoms with Crippen LogP contribution in [0.5, 0.6) is 0 Å². The Bertz CT molecular complexity index is 377. The van der Waals surface area contributed by atoms with Crippen LogP contribution in [0.15, 0.2) is 18.2 Å². The molecule has 1 aromatic rings.